The summed E-state index contributed by atoms with van der Waals surface area (Å²) in [7, 11) is 0. The van der Waals surface area contributed by atoms with Crippen LogP contribution in [0.3, 0.4) is 0 Å². The minimum Gasteiger partial charge on any atom is -0.361 e. The van der Waals surface area contributed by atoms with E-state index in [1.807, 2.05) is 31.3 Å². The summed E-state index contributed by atoms with van der Waals surface area (Å²) in [6.07, 6.45) is 5.76. The Bertz CT molecular complexity index is 590. The number of carbonyl (C=O) groups excluding carboxylic acids is 1. The average molecular weight is 287 g/mol. The van der Waals surface area contributed by atoms with Gasteiger partial charge in [0.2, 0.25) is 5.91 Å². The Morgan fingerprint density at radius 2 is 2.14 bits per heavy atom. The molecule has 2 rings (SSSR count). The van der Waals surface area contributed by atoms with Gasteiger partial charge in [0.05, 0.1) is 6.04 Å². The van der Waals surface area contributed by atoms with Crippen LogP contribution in [0.4, 0.5) is 0 Å². The number of H-pyrrole nitrogens is 1. The molecule has 0 radical (unpaired) electrons. The Balaban J connectivity index is 1.94. The standard InChI is InChI=1S/C17H25N3O/c1-3-4-7-12(2)20-17(21)15(18)10-13-11-19-16-9-6-5-8-14(13)16/h5-6,8-9,11-12,15,19H,3-4,7,10,18H2,1-2H3,(H,20,21). The summed E-state index contributed by atoms with van der Waals surface area (Å²) in [6.45, 7) is 4.18. The number of amides is 1. The number of unbranched alkanes of at least 4 members (excludes halogenated alkanes) is 1. The summed E-state index contributed by atoms with van der Waals surface area (Å²) in [5.41, 5.74) is 8.22. The van der Waals surface area contributed by atoms with Gasteiger partial charge in [-0.3, -0.25) is 4.79 Å². The zero-order chi connectivity index (χ0) is 15.2. The summed E-state index contributed by atoms with van der Waals surface area (Å²) < 4.78 is 0. The summed E-state index contributed by atoms with van der Waals surface area (Å²) >= 11 is 0. The first kappa shape index (κ1) is 15.6. The summed E-state index contributed by atoms with van der Waals surface area (Å²) in [6, 6.07) is 7.75. The highest BCUT2D eigenvalue weighted by atomic mass is 16.2. The van der Waals surface area contributed by atoms with Crippen molar-refractivity contribution in [1.29, 1.82) is 0 Å². The molecule has 0 fully saturated rings. The van der Waals surface area contributed by atoms with Gasteiger partial charge in [0.15, 0.2) is 0 Å². The summed E-state index contributed by atoms with van der Waals surface area (Å²) in [5, 5.41) is 4.14. The molecule has 1 aromatic heterocycles. The van der Waals surface area contributed by atoms with E-state index in [9.17, 15) is 4.79 Å². The third kappa shape index (κ3) is 4.08. The van der Waals surface area contributed by atoms with E-state index in [1.54, 1.807) is 0 Å². The van der Waals surface area contributed by atoms with Crippen molar-refractivity contribution in [3.8, 4) is 0 Å². The minimum absolute atomic E-state index is 0.0658. The molecule has 21 heavy (non-hydrogen) atoms. The number of nitrogens with two attached hydrogens (primary N) is 1. The molecule has 0 aliphatic heterocycles. The molecule has 4 heteroatoms. The van der Waals surface area contributed by atoms with E-state index in [1.165, 1.54) is 0 Å². The largest absolute Gasteiger partial charge is 0.361 e. The molecule has 2 atom stereocenters. The lowest BCUT2D eigenvalue weighted by Gasteiger charge is -2.17. The molecule has 1 heterocycles. The lowest BCUT2D eigenvalue weighted by molar-refractivity contribution is -0.123. The smallest absolute Gasteiger partial charge is 0.237 e. The van der Waals surface area contributed by atoms with E-state index < -0.39 is 6.04 Å². The molecule has 4 N–H and O–H groups in total. The second-order valence-corrected chi connectivity index (χ2v) is 5.72. The molecule has 1 aromatic carbocycles. The Hall–Kier alpha value is -1.81. The summed E-state index contributed by atoms with van der Waals surface area (Å²) in [5.74, 6) is -0.0658. The Morgan fingerprint density at radius 3 is 2.90 bits per heavy atom. The molecule has 0 saturated heterocycles. The number of hydrogen-bond acceptors (Lipinski definition) is 2. The molecule has 0 aliphatic carbocycles. The molecule has 0 bridgehead atoms. The van der Waals surface area contributed by atoms with Crippen molar-refractivity contribution >= 4 is 16.8 Å². The fourth-order valence-electron chi connectivity index (χ4n) is 2.56. The van der Waals surface area contributed by atoms with Crippen molar-refractivity contribution in [3.63, 3.8) is 0 Å². The van der Waals surface area contributed by atoms with Crippen LogP contribution in [0.25, 0.3) is 10.9 Å². The first-order valence-corrected chi connectivity index (χ1v) is 7.72. The number of aromatic amines is 1. The number of benzene rings is 1. The van der Waals surface area contributed by atoms with Crippen molar-refractivity contribution in [2.24, 2.45) is 5.73 Å². The van der Waals surface area contributed by atoms with Crippen molar-refractivity contribution in [2.75, 3.05) is 0 Å². The van der Waals surface area contributed by atoms with Crippen LogP contribution in [-0.4, -0.2) is 23.0 Å². The van der Waals surface area contributed by atoms with Crippen LogP contribution in [0.5, 0.6) is 0 Å². The van der Waals surface area contributed by atoms with Crippen LogP contribution in [0, 0.1) is 0 Å². The topological polar surface area (TPSA) is 70.9 Å². The number of nitrogens with one attached hydrogen (secondary N) is 2. The lowest BCUT2D eigenvalue weighted by Crippen LogP contribution is -2.45. The summed E-state index contributed by atoms with van der Waals surface area (Å²) in [4.78, 5) is 15.3. The van der Waals surface area contributed by atoms with Gasteiger partial charge in [-0.05, 0) is 31.4 Å². The van der Waals surface area contributed by atoms with Crippen molar-refractivity contribution in [3.05, 3.63) is 36.0 Å². The number of carbonyl (C=O) groups is 1. The first-order chi connectivity index (χ1) is 10.1. The van der Waals surface area contributed by atoms with Crippen molar-refractivity contribution in [2.45, 2.75) is 51.6 Å². The molecule has 0 aliphatic rings. The average Bonchev–Trinajstić information content (AvgIpc) is 2.88. The van der Waals surface area contributed by atoms with Crippen LogP contribution in [0.1, 0.15) is 38.7 Å². The minimum atomic E-state index is -0.506. The monoisotopic (exact) mass is 287 g/mol. The van der Waals surface area contributed by atoms with E-state index in [0.717, 1.165) is 35.7 Å². The van der Waals surface area contributed by atoms with Gasteiger partial charge >= 0.3 is 0 Å². The molecule has 0 spiro atoms. The van der Waals surface area contributed by atoms with Gasteiger partial charge in [0.25, 0.3) is 0 Å². The van der Waals surface area contributed by atoms with Crippen LogP contribution in [0.15, 0.2) is 30.5 Å². The number of para-hydroxylation sites is 1. The van der Waals surface area contributed by atoms with Gasteiger partial charge in [-0.15, -0.1) is 0 Å². The van der Waals surface area contributed by atoms with Crippen LogP contribution >= 0.6 is 0 Å². The predicted octanol–water partition coefficient (Wildman–Crippen LogP) is 2.73. The maximum atomic E-state index is 12.1. The third-order valence-electron chi connectivity index (χ3n) is 3.83. The highest BCUT2D eigenvalue weighted by Crippen LogP contribution is 2.18. The van der Waals surface area contributed by atoms with Crippen molar-refractivity contribution in [1.82, 2.24) is 10.3 Å². The van der Waals surface area contributed by atoms with E-state index in [0.29, 0.717) is 6.42 Å². The van der Waals surface area contributed by atoms with Gasteiger partial charge in [-0.25, -0.2) is 0 Å². The predicted molar refractivity (Wildman–Crippen MR) is 87.1 cm³/mol. The molecule has 1 amide bonds. The quantitative estimate of drug-likeness (QED) is 0.732. The second-order valence-electron chi connectivity index (χ2n) is 5.72. The van der Waals surface area contributed by atoms with E-state index >= 15 is 0 Å². The third-order valence-corrected chi connectivity index (χ3v) is 3.83. The maximum Gasteiger partial charge on any atom is 0.237 e. The molecular formula is C17H25N3O. The molecule has 0 saturated carbocycles. The fraction of sp³-hybridized carbons (Fsp3) is 0.471. The Kier molecular flexibility index (Phi) is 5.39. The van der Waals surface area contributed by atoms with Crippen LogP contribution < -0.4 is 11.1 Å². The van der Waals surface area contributed by atoms with E-state index in [2.05, 4.69) is 23.3 Å². The molecule has 2 aromatic rings. The maximum absolute atomic E-state index is 12.1. The highest BCUT2D eigenvalue weighted by molar-refractivity contribution is 5.86. The molecule has 2 unspecified atom stereocenters. The van der Waals surface area contributed by atoms with Crippen molar-refractivity contribution < 1.29 is 4.79 Å². The SMILES string of the molecule is CCCCC(C)NC(=O)C(N)Cc1c[nH]c2ccccc12. The normalized spacial score (nSPS) is 14.0. The van der Waals surface area contributed by atoms with Gasteiger partial charge < -0.3 is 16.0 Å². The first-order valence-electron chi connectivity index (χ1n) is 7.72. The Labute approximate surface area is 126 Å². The lowest BCUT2D eigenvalue weighted by atomic mass is 10.0. The zero-order valence-corrected chi connectivity index (χ0v) is 12.9. The fourth-order valence-corrected chi connectivity index (χ4v) is 2.56. The van der Waals surface area contributed by atoms with Crippen LogP contribution in [-0.2, 0) is 11.2 Å². The Morgan fingerprint density at radius 1 is 1.38 bits per heavy atom. The molecule has 114 valence electrons. The number of fused-ring (bicyclic) bond motifs is 1. The van der Waals surface area contributed by atoms with E-state index in [-0.39, 0.29) is 11.9 Å². The second kappa shape index (κ2) is 7.27. The number of aromatic nitrogens is 1. The van der Waals surface area contributed by atoms with Gasteiger partial charge in [0.1, 0.15) is 0 Å². The number of hydrogen-bond donors (Lipinski definition) is 3. The van der Waals surface area contributed by atoms with Crippen LogP contribution in [0.2, 0.25) is 0 Å². The number of rotatable bonds is 7. The van der Waals surface area contributed by atoms with E-state index in [4.69, 9.17) is 5.73 Å². The zero-order valence-electron chi connectivity index (χ0n) is 12.9. The highest BCUT2D eigenvalue weighted by Gasteiger charge is 2.17. The van der Waals surface area contributed by atoms with Gasteiger partial charge in [-0.2, -0.15) is 0 Å². The van der Waals surface area contributed by atoms with Gasteiger partial charge in [0, 0.05) is 23.1 Å². The van der Waals surface area contributed by atoms with Gasteiger partial charge in [-0.1, -0.05) is 38.0 Å². The molecular weight excluding hydrogens is 262 g/mol. The molecule has 4 nitrogen and oxygen atoms in total.